The number of fused-ring (bicyclic) bond motifs is 1. The van der Waals surface area contributed by atoms with Crippen LogP contribution >= 0.6 is 11.8 Å². The first-order chi connectivity index (χ1) is 13.9. The van der Waals surface area contributed by atoms with Gasteiger partial charge in [-0.3, -0.25) is 4.57 Å². The van der Waals surface area contributed by atoms with Crippen molar-refractivity contribution < 1.29 is 4.79 Å². The van der Waals surface area contributed by atoms with Crippen molar-refractivity contribution in [3.63, 3.8) is 0 Å². The van der Waals surface area contributed by atoms with Gasteiger partial charge in [0, 0.05) is 19.3 Å². The summed E-state index contributed by atoms with van der Waals surface area (Å²) in [5.41, 5.74) is 8.43. The Morgan fingerprint density at radius 3 is 2.52 bits per heavy atom. The highest BCUT2D eigenvalue weighted by Gasteiger charge is 2.25. The number of anilines is 1. The molecule has 2 N–H and O–H groups in total. The van der Waals surface area contributed by atoms with E-state index in [0.29, 0.717) is 23.9 Å². The molecule has 9 heteroatoms. The lowest BCUT2D eigenvalue weighted by Gasteiger charge is -2.14. The van der Waals surface area contributed by atoms with Gasteiger partial charge in [-0.15, -0.1) is 0 Å². The van der Waals surface area contributed by atoms with Crippen molar-refractivity contribution in [2.45, 2.75) is 38.9 Å². The summed E-state index contributed by atoms with van der Waals surface area (Å²) in [5.74, 6) is 0.969. The molecule has 0 aliphatic heterocycles. The molecule has 3 aromatic rings. The first-order valence-corrected chi connectivity index (χ1v) is 10.6. The van der Waals surface area contributed by atoms with Crippen LogP contribution in [0.15, 0.2) is 34.2 Å². The molecule has 1 amide bonds. The number of nitrogens with zero attached hydrogens (tertiary/aromatic N) is 5. The van der Waals surface area contributed by atoms with E-state index in [1.807, 2.05) is 38.1 Å². The predicted octanol–water partition coefficient (Wildman–Crippen LogP) is 2.95. The lowest BCUT2D eigenvalue weighted by Crippen LogP contribution is -2.38. The van der Waals surface area contributed by atoms with E-state index in [1.165, 1.54) is 21.2 Å². The summed E-state index contributed by atoms with van der Waals surface area (Å²) in [6, 6.07) is 7.45. The number of hydrogen-bond acceptors (Lipinski definition) is 6. The summed E-state index contributed by atoms with van der Waals surface area (Å²) < 4.78 is 2.58. The molecule has 0 radical (unpaired) electrons. The van der Waals surface area contributed by atoms with Crippen LogP contribution in [0.25, 0.3) is 11.2 Å². The van der Waals surface area contributed by atoms with E-state index in [2.05, 4.69) is 16.9 Å². The van der Waals surface area contributed by atoms with Crippen LogP contribution in [-0.4, -0.2) is 49.4 Å². The molecule has 0 aliphatic carbocycles. The molecular formula is C20H26N6O2S. The van der Waals surface area contributed by atoms with Crippen LogP contribution in [0.1, 0.15) is 31.4 Å². The van der Waals surface area contributed by atoms with Gasteiger partial charge in [-0.25, -0.2) is 24.1 Å². The second kappa shape index (κ2) is 8.69. The first kappa shape index (κ1) is 20.9. The number of nitrogens with two attached hydrogens (primary N) is 1. The van der Waals surface area contributed by atoms with Crippen LogP contribution in [0.4, 0.5) is 10.6 Å². The monoisotopic (exact) mass is 414 g/mol. The van der Waals surface area contributed by atoms with Gasteiger partial charge in [0.05, 0.1) is 6.54 Å². The van der Waals surface area contributed by atoms with Gasteiger partial charge in [0.2, 0.25) is 0 Å². The van der Waals surface area contributed by atoms with Gasteiger partial charge in [0.1, 0.15) is 5.52 Å². The van der Waals surface area contributed by atoms with E-state index in [1.54, 1.807) is 7.05 Å². The smallest absolute Gasteiger partial charge is 0.339 e. The lowest BCUT2D eigenvalue weighted by atomic mass is 10.1. The van der Waals surface area contributed by atoms with Crippen molar-refractivity contribution in [1.82, 2.24) is 24.0 Å². The maximum Gasteiger partial charge on any atom is 0.339 e. The zero-order valence-corrected chi connectivity index (χ0v) is 18.0. The maximum atomic E-state index is 13.2. The van der Waals surface area contributed by atoms with Crippen molar-refractivity contribution in [3.8, 4) is 0 Å². The minimum absolute atomic E-state index is 0.131. The van der Waals surface area contributed by atoms with E-state index in [4.69, 9.17) is 5.73 Å². The SMILES string of the molecule is CCCSc1nc(N)c2c(n1)n(Cc1ccc(C)cc1)c(=O)n2C(=O)N(C)CC. The molecule has 0 unspecified atom stereocenters. The van der Waals surface area contributed by atoms with Gasteiger partial charge in [-0.05, 0) is 25.8 Å². The van der Waals surface area contributed by atoms with Crippen molar-refractivity contribution in [3.05, 3.63) is 45.9 Å². The van der Waals surface area contributed by atoms with Gasteiger partial charge in [0.25, 0.3) is 0 Å². The topological polar surface area (TPSA) is 99.0 Å². The van der Waals surface area contributed by atoms with Crippen molar-refractivity contribution in [2.24, 2.45) is 0 Å². The third kappa shape index (κ3) is 4.14. The van der Waals surface area contributed by atoms with Gasteiger partial charge >= 0.3 is 11.7 Å². The van der Waals surface area contributed by atoms with Crippen LogP contribution in [-0.2, 0) is 6.54 Å². The fraction of sp³-hybridized carbons (Fsp3) is 0.400. The van der Waals surface area contributed by atoms with Gasteiger partial charge in [0.15, 0.2) is 16.6 Å². The largest absolute Gasteiger partial charge is 0.382 e. The number of amides is 1. The van der Waals surface area contributed by atoms with Gasteiger partial charge < -0.3 is 10.6 Å². The Morgan fingerprint density at radius 2 is 1.90 bits per heavy atom. The second-order valence-electron chi connectivity index (χ2n) is 6.90. The van der Waals surface area contributed by atoms with E-state index in [-0.39, 0.29) is 11.3 Å². The number of carbonyl (C=O) groups excluding carboxylic acids is 1. The molecule has 29 heavy (non-hydrogen) atoms. The number of nitrogen functional groups attached to an aromatic ring is 1. The number of thioether (sulfide) groups is 1. The first-order valence-electron chi connectivity index (χ1n) is 9.59. The van der Waals surface area contributed by atoms with Crippen LogP contribution in [0, 0.1) is 6.92 Å². The number of hydrogen-bond donors (Lipinski definition) is 1. The average Bonchev–Trinajstić information content (AvgIpc) is 2.99. The summed E-state index contributed by atoms with van der Waals surface area (Å²) in [6.07, 6.45) is 0.961. The molecule has 0 bridgehead atoms. The molecule has 2 heterocycles. The van der Waals surface area contributed by atoms with Gasteiger partial charge in [-0.2, -0.15) is 0 Å². The fourth-order valence-corrected chi connectivity index (χ4v) is 3.61. The van der Waals surface area contributed by atoms with Crippen LogP contribution in [0.3, 0.4) is 0 Å². The van der Waals surface area contributed by atoms with Crippen LogP contribution in [0.2, 0.25) is 0 Å². The molecule has 8 nitrogen and oxygen atoms in total. The van der Waals surface area contributed by atoms with Crippen molar-refractivity contribution in [1.29, 1.82) is 0 Å². The third-order valence-corrected chi connectivity index (χ3v) is 5.72. The molecular weight excluding hydrogens is 388 g/mol. The molecule has 2 aromatic heterocycles. The summed E-state index contributed by atoms with van der Waals surface area (Å²) in [7, 11) is 1.64. The predicted molar refractivity (Wildman–Crippen MR) is 117 cm³/mol. The van der Waals surface area contributed by atoms with E-state index in [0.717, 1.165) is 27.9 Å². The molecule has 0 atom stereocenters. The number of imidazole rings is 1. The Hall–Kier alpha value is -2.81. The molecule has 154 valence electrons. The normalized spacial score (nSPS) is 11.2. The Bertz CT molecular complexity index is 1090. The number of benzene rings is 1. The third-order valence-electron chi connectivity index (χ3n) is 4.66. The van der Waals surface area contributed by atoms with Crippen molar-refractivity contribution >= 4 is 34.8 Å². The minimum Gasteiger partial charge on any atom is -0.382 e. The molecule has 0 aliphatic rings. The number of aryl methyl sites for hydroxylation is 1. The quantitative estimate of drug-likeness (QED) is 0.492. The summed E-state index contributed by atoms with van der Waals surface area (Å²) in [4.78, 5) is 36.5. The summed E-state index contributed by atoms with van der Waals surface area (Å²) >= 11 is 1.48. The molecule has 0 saturated heterocycles. The molecule has 0 spiro atoms. The maximum absolute atomic E-state index is 13.2. The Kier molecular flexibility index (Phi) is 6.26. The van der Waals surface area contributed by atoms with Gasteiger partial charge in [-0.1, -0.05) is 48.5 Å². The Morgan fingerprint density at radius 1 is 1.21 bits per heavy atom. The van der Waals surface area contributed by atoms with Crippen molar-refractivity contribution in [2.75, 3.05) is 25.1 Å². The van der Waals surface area contributed by atoms with E-state index >= 15 is 0 Å². The number of rotatable bonds is 6. The zero-order chi connectivity index (χ0) is 21.1. The molecule has 0 fully saturated rings. The standard InChI is InChI=1S/C20H26N6O2S/c1-5-11-29-18-22-16(21)15-17(23-18)25(12-14-9-7-13(3)8-10-14)20(28)26(15)19(27)24(4)6-2/h7-10H,5-6,11-12H2,1-4H3,(H2,21,22,23). The summed E-state index contributed by atoms with van der Waals surface area (Å²) in [6.45, 7) is 6.67. The minimum atomic E-state index is -0.468. The van der Waals surface area contributed by atoms with E-state index in [9.17, 15) is 9.59 Å². The van der Waals surface area contributed by atoms with Crippen LogP contribution < -0.4 is 11.4 Å². The zero-order valence-electron chi connectivity index (χ0n) is 17.2. The fourth-order valence-electron chi connectivity index (χ4n) is 2.91. The molecule has 0 saturated carbocycles. The van der Waals surface area contributed by atoms with E-state index < -0.39 is 11.7 Å². The second-order valence-corrected chi connectivity index (χ2v) is 7.96. The summed E-state index contributed by atoms with van der Waals surface area (Å²) in [5, 5.41) is 0.503. The Balaban J connectivity index is 2.22. The number of aromatic nitrogens is 4. The molecule has 1 aromatic carbocycles. The lowest BCUT2D eigenvalue weighted by molar-refractivity contribution is 0.212. The average molecular weight is 415 g/mol. The highest BCUT2D eigenvalue weighted by Crippen LogP contribution is 2.23. The highest BCUT2D eigenvalue weighted by atomic mass is 32.2. The Labute approximate surface area is 173 Å². The van der Waals surface area contributed by atoms with Crippen LogP contribution in [0.5, 0.6) is 0 Å². The molecule has 3 rings (SSSR count). The number of carbonyl (C=O) groups is 1. The highest BCUT2D eigenvalue weighted by molar-refractivity contribution is 7.99.